The Morgan fingerprint density at radius 2 is 1.02 bits per heavy atom. The van der Waals surface area contributed by atoms with Gasteiger partial charge in [-0.05, 0) is 127 Å². The first-order chi connectivity index (χ1) is 29.8. The van der Waals surface area contributed by atoms with E-state index >= 15 is 0 Å². The van der Waals surface area contributed by atoms with Crippen molar-refractivity contribution in [3.8, 4) is 11.5 Å². The average molecular weight is 843 g/mol. The fraction of sp³-hybridized carbons (Fsp3) is 0.276. The van der Waals surface area contributed by atoms with Crippen molar-refractivity contribution in [3.63, 3.8) is 0 Å². The van der Waals surface area contributed by atoms with Crippen LogP contribution in [0.5, 0.6) is 11.5 Å². The summed E-state index contributed by atoms with van der Waals surface area (Å²) in [5.74, 6) is 1.87. The molecule has 0 amide bonds. The van der Waals surface area contributed by atoms with Crippen LogP contribution in [0.25, 0.3) is 20.2 Å². The van der Waals surface area contributed by atoms with Crippen LogP contribution in [0.1, 0.15) is 105 Å². The lowest BCUT2D eigenvalue weighted by Gasteiger charge is -2.41. The monoisotopic (exact) mass is 842 g/mol. The molecule has 3 nitrogen and oxygen atoms in total. The Hall–Kier alpha value is -5.78. The normalized spacial score (nSPS) is 13.8. The van der Waals surface area contributed by atoms with E-state index in [-0.39, 0.29) is 28.4 Å². The topological polar surface area (TPSA) is 15.7 Å². The molecule has 0 aliphatic carbocycles. The van der Waals surface area contributed by atoms with Crippen LogP contribution in [0.4, 0.5) is 34.1 Å². The van der Waals surface area contributed by atoms with Gasteiger partial charge in [0.25, 0.3) is 6.71 Å². The van der Waals surface area contributed by atoms with Crippen molar-refractivity contribution in [2.45, 2.75) is 105 Å². The third-order valence-electron chi connectivity index (χ3n) is 13.4. The van der Waals surface area contributed by atoms with Crippen molar-refractivity contribution in [2.75, 3.05) is 9.80 Å². The highest BCUT2D eigenvalue weighted by molar-refractivity contribution is 7.26. The number of thiophene rings is 1. The largest absolute Gasteiger partial charge is 0.458 e. The number of fused-ring (bicyclic) bond motifs is 7. The van der Waals surface area contributed by atoms with Crippen LogP contribution in [0.2, 0.25) is 0 Å². The zero-order valence-electron chi connectivity index (χ0n) is 39.1. The molecule has 0 spiro atoms. The molecule has 316 valence electrons. The second kappa shape index (κ2) is 14.4. The number of benzene rings is 7. The minimum absolute atomic E-state index is 0.00269. The maximum Gasteiger partial charge on any atom is 0.256 e. The minimum atomic E-state index is -0.0269. The molecule has 3 heterocycles. The quantitative estimate of drug-likeness (QED) is 0.164. The zero-order valence-corrected chi connectivity index (χ0v) is 39.9. The van der Waals surface area contributed by atoms with E-state index < -0.39 is 0 Å². The summed E-state index contributed by atoms with van der Waals surface area (Å²) in [6.07, 6.45) is 0. The number of rotatable bonds is 4. The Bertz CT molecular complexity index is 3020. The van der Waals surface area contributed by atoms with Gasteiger partial charge >= 0.3 is 0 Å². The number of nitrogens with zero attached hydrogens (tertiary/aromatic N) is 2. The maximum absolute atomic E-state index is 6.90. The van der Waals surface area contributed by atoms with Crippen LogP contribution in [-0.2, 0) is 21.7 Å². The van der Waals surface area contributed by atoms with E-state index in [2.05, 4.69) is 232 Å². The summed E-state index contributed by atoms with van der Waals surface area (Å²) in [7, 11) is 0. The molecule has 0 atom stereocenters. The molecule has 1 aromatic heterocycles. The number of anilines is 6. The summed E-state index contributed by atoms with van der Waals surface area (Å²) < 4.78 is 9.43. The van der Waals surface area contributed by atoms with Gasteiger partial charge in [-0.25, -0.2) is 0 Å². The van der Waals surface area contributed by atoms with Gasteiger partial charge in [0.15, 0.2) is 0 Å². The Morgan fingerprint density at radius 1 is 0.476 bits per heavy atom. The van der Waals surface area contributed by atoms with Crippen LogP contribution in [-0.4, -0.2) is 6.71 Å². The van der Waals surface area contributed by atoms with Crippen molar-refractivity contribution < 1.29 is 4.74 Å². The summed E-state index contributed by atoms with van der Waals surface area (Å²) in [4.78, 5) is 5.02. The molecular weight excluding hydrogens is 784 g/mol. The van der Waals surface area contributed by atoms with E-state index in [1.807, 2.05) is 11.3 Å². The predicted molar refractivity (Wildman–Crippen MR) is 275 cm³/mol. The van der Waals surface area contributed by atoms with Crippen molar-refractivity contribution in [1.82, 2.24) is 0 Å². The standard InChI is InChI=1S/C58H59BN2OS/c1-55(2,3)36-20-26-40(27-21-36)60(41-28-22-37(23-29-41)56(4,5)6)46-31-32-48(54-52(46)42-16-13-14-19-51(42)63-54)61-45-30-24-38(57(7,8)9)34-43(45)59-44-35-39(58(10,11)12)25-33-49(44)62-50-18-15-17-47(61)53(50)59/h13-35H,1-12H3. The summed E-state index contributed by atoms with van der Waals surface area (Å²) >= 11 is 1.89. The van der Waals surface area contributed by atoms with E-state index in [4.69, 9.17) is 4.74 Å². The van der Waals surface area contributed by atoms with Gasteiger partial charge in [-0.3, -0.25) is 0 Å². The Kier molecular flexibility index (Phi) is 9.41. The van der Waals surface area contributed by atoms with Crippen LogP contribution in [0.3, 0.4) is 0 Å². The zero-order chi connectivity index (χ0) is 44.4. The Morgan fingerprint density at radius 3 is 1.62 bits per heavy atom. The Balaban J connectivity index is 1.24. The van der Waals surface area contributed by atoms with Crippen molar-refractivity contribution >= 4 is 88.7 Å². The smallest absolute Gasteiger partial charge is 0.256 e. The fourth-order valence-corrected chi connectivity index (χ4v) is 10.9. The third kappa shape index (κ3) is 6.95. The second-order valence-corrected chi connectivity index (χ2v) is 23.0. The van der Waals surface area contributed by atoms with Crippen molar-refractivity contribution in [3.05, 3.63) is 162 Å². The van der Waals surface area contributed by atoms with Gasteiger partial charge < -0.3 is 14.5 Å². The fourth-order valence-electron chi connectivity index (χ4n) is 9.69. The molecule has 0 fully saturated rings. The first-order valence-electron chi connectivity index (χ1n) is 22.6. The molecule has 2 aliphatic heterocycles. The highest BCUT2D eigenvalue weighted by Gasteiger charge is 2.43. The van der Waals surface area contributed by atoms with Gasteiger partial charge in [0.05, 0.1) is 16.1 Å². The molecule has 0 radical (unpaired) electrons. The van der Waals surface area contributed by atoms with E-state index in [1.165, 1.54) is 81.6 Å². The molecule has 5 heteroatoms. The minimum Gasteiger partial charge on any atom is -0.458 e. The van der Waals surface area contributed by atoms with Gasteiger partial charge in [0, 0.05) is 38.2 Å². The first kappa shape index (κ1) is 41.2. The highest BCUT2D eigenvalue weighted by Crippen LogP contribution is 2.52. The van der Waals surface area contributed by atoms with Crippen LogP contribution in [0.15, 0.2) is 140 Å². The van der Waals surface area contributed by atoms with Gasteiger partial charge in [0.2, 0.25) is 0 Å². The Labute approximate surface area is 379 Å². The molecule has 10 rings (SSSR count). The highest BCUT2D eigenvalue weighted by atomic mass is 32.1. The first-order valence-corrected chi connectivity index (χ1v) is 23.4. The van der Waals surface area contributed by atoms with Gasteiger partial charge in [-0.2, -0.15) is 0 Å². The molecule has 0 unspecified atom stereocenters. The number of ether oxygens (including phenoxy) is 1. The van der Waals surface area contributed by atoms with E-state index in [1.54, 1.807) is 0 Å². The van der Waals surface area contributed by atoms with Crippen LogP contribution < -0.4 is 30.9 Å². The molecule has 0 N–H and O–H groups in total. The van der Waals surface area contributed by atoms with Crippen molar-refractivity contribution in [2.24, 2.45) is 0 Å². The molecule has 7 aromatic carbocycles. The average Bonchev–Trinajstić information content (AvgIpc) is 3.63. The summed E-state index contributed by atoms with van der Waals surface area (Å²) in [5, 5.41) is 2.52. The molecular formula is C58H59BN2OS. The van der Waals surface area contributed by atoms with Crippen LogP contribution >= 0.6 is 11.3 Å². The lowest BCUT2D eigenvalue weighted by atomic mass is 9.34. The van der Waals surface area contributed by atoms with Gasteiger partial charge in [-0.15, -0.1) is 11.3 Å². The molecule has 0 bridgehead atoms. The predicted octanol–water partition coefficient (Wildman–Crippen LogP) is 15.1. The maximum atomic E-state index is 6.90. The number of hydrogen-bond donors (Lipinski definition) is 0. The lowest BCUT2D eigenvalue weighted by Crippen LogP contribution is -2.59. The van der Waals surface area contributed by atoms with Gasteiger partial charge in [-0.1, -0.05) is 156 Å². The lowest BCUT2D eigenvalue weighted by molar-refractivity contribution is 0.486. The summed E-state index contributed by atoms with van der Waals surface area (Å²) in [6.45, 7) is 27.6. The van der Waals surface area contributed by atoms with E-state index in [0.717, 1.165) is 22.9 Å². The number of hydrogen-bond acceptors (Lipinski definition) is 4. The van der Waals surface area contributed by atoms with Gasteiger partial charge in [0.1, 0.15) is 11.5 Å². The SMILES string of the molecule is CC(C)(C)c1ccc(N(c2ccc(C(C)(C)C)cc2)c2ccc(N3c4ccc(C(C)(C)C)cc4B4c5cc(C(C)(C)C)ccc5Oc5cccc3c54)c3sc4ccccc4c23)cc1. The second-order valence-electron chi connectivity index (χ2n) is 21.9. The molecule has 0 saturated carbocycles. The molecule has 8 aromatic rings. The van der Waals surface area contributed by atoms with E-state index in [0.29, 0.717) is 0 Å². The van der Waals surface area contributed by atoms with E-state index in [9.17, 15) is 0 Å². The molecule has 2 aliphatic rings. The third-order valence-corrected chi connectivity index (χ3v) is 14.6. The van der Waals surface area contributed by atoms with Crippen LogP contribution in [0, 0.1) is 0 Å². The summed E-state index contributed by atoms with van der Waals surface area (Å²) in [6, 6.07) is 52.9. The summed E-state index contributed by atoms with van der Waals surface area (Å²) in [5.41, 5.74) is 16.1. The molecule has 0 saturated heterocycles. The van der Waals surface area contributed by atoms with Crippen molar-refractivity contribution in [1.29, 1.82) is 0 Å². The molecule has 63 heavy (non-hydrogen) atoms.